The third-order valence-corrected chi connectivity index (χ3v) is 5.38. The van der Waals surface area contributed by atoms with E-state index in [4.69, 9.17) is 14.1 Å². The van der Waals surface area contributed by atoms with E-state index in [1.807, 2.05) is 18.0 Å². The molecule has 2 aliphatic rings. The Hall–Kier alpha value is -2.47. The minimum Gasteiger partial charge on any atom is -0.416 e. The Labute approximate surface area is 171 Å². The van der Waals surface area contributed by atoms with Crippen LogP contribution in [0.3, 0.4) is 0 Å². The Morgan fingerprint density at radius 3 is 2.73 bits per heavy atom. The fourth-order valence-corrected chi connectivity index (χ4v) is 3.75. The van der Waals surface area contributed by atoms with E-state index in [0.29, 0.717) is 25.7 Å². The van der Waals surface area contributed by atoms with Crippen LogP contribution in [0.5, 0.6) is 0 Å². The van der Waals surface area contributed by atoms with Gasteiger partial charge < -0.3 is 19.0 Å². The Morgan fingerprint density at radius 2 is 2.00 bits per heavy atom. The number of likely N-dealkylation sites (N-methyl/N-ethyl adjacent to an activating group) is 1. The highest BCUT2D eigenvalue weighted by molar-refractivity contribution is 5.44. The SMILES string of the molecule is CN(c1ccnc(N2CCOCC2)n1)C1CCCN(Cc2nnc(C(F)(F)F)o2)C1. The van der Waals surface area contributed by atoms with Crippen LogP contribution >= 0.6 is 0 Å². The fourth-order valence-electron chi connectivity index (χ4n) is 3.75. The lowest BCUT2D eigenvalue weighted by Gasteiger charge is -2.38. The maximum absolute atomic E-state index is 12.7. The van der Waals surface area contributed by atoms with E-state index in [-0.39, 0.29) is 18.5 Å². The molecule has 0 bridgehead atoms. The number of aromatic nitrogens is 4. The van der Waals surface area contributed by atoms with Crippen LogP contribution < -0.4 is 9.80 Å². The molecule has 2 aromatic heterocycles. The van der Waals surface area contributed by atoms with Gasteiger partial charge in [0.1, 0.15) is 5.82 Å². The summed E-state index contributed by atoms with van der Waals surface area (Å²) in [4.78, 5) is 15.3. The molecule has 0 amide bonds. The first-order chi connectivity index (χ1) is 14.4. The quantitative estimate of drug-likeness (QED) is 0.709. The first kappa shape index (κ1) is 20.8. The standard InChI is InChI=1S/C18H24F3N7O2/c1-26(14-4-5-22-17(23-14)28-7-9-29-10-8-28)13-3-2-6-27(11-13)12-15-24-25-16(30-15)18(19,20)21/h4-5,13H,2-3,6-12H2,1H3. The zero-order valence-corrected chi connectivity index (χ0v) is 16.7. The molecule has 2 saturated heterocycles. The van der Waals surface area contributed by atoms with Crippen LogP contribution in [0.4, 0.5) is 24.9 Å². The molecule has 2 aliphatic heterocycles. The molecule has 30 heavy (non-hydrogen) atoms. The molecule has 164 valence electrons. The zero-order chi connectivity index (χ0) is 21.1. The maximum Gasteiger partial charge on any atom is 0.470 e. The van der Waals surface area contributed by atoms with Crippen molar-refractivity contribution in [2.45, 2.75) is 31.6 Å². The van der Waals surface area contributed by atoms with E-state index in [1.165, 1.54) is 0 Å². The Balaban J connectivity index is 1.40. The summed E-state index contributed by atoms with van der Waals surface area (Å²) in [6.45, 7) is 4.45. The van der Waals surface area contributed by atoms with Gasteiger partial charge in [-0.15, -0.1) is 10.2 Å². The van der Waals surface area contributed by atoms with Crippen LogP contribution in [-0.4, -0.2) is 77.5 Å². The summed E-state index contributed by atoms with van der Waals surface area (Å²) in [6.07, 6.45) is -0.999. The van der Waals surface area contributed by atoms with Crippen LogP contribution in [0.1, 0.15) is 24.6 Å². The largest absolute Gasteiger partial charge is 0.470 e. The Bertz CT molecular complexity index is 841. The van der Waals surface area contributed by atoms with Crippen molar-refractivity contribution in [3.8, 4) is 0 Å². The number of anilines is 2. The summed E-state index contributed by atoms with van der Waals surface area (Å²) in [7, 11) is 1.98. The van der Waals surface area contributed by atoms with Gasteiger partial charge in [0.2, 0.25) is 11.8 Å². The molecule has 12 heteroatoms. The summed E-state index contributed by atoms with van der Waals surface area (Å²) in [5.41, 5.74) is 0. The van der Waals surface area contributed by atoms with E-state index < -0.39 is 12.1 Å². The van der Waals surface area contributed by atoms with E-state index in [1.54, 1.807) is 6.20 Å². The number of morpholine rings is 1. The maximum atomic E-state index is 12.7. The van der Waals surface area contributed by atoms with E-state index >= 15 is 0 Å². The second kappa shape index (κ2) is 8.72. The average Bonchev–Trinajstić information content (AvgIpc) is 3.23. The fraction of sp³-hybridized carbons (Fsp3) is 0.667. The van der Waals surface area contributed by atoms with Crippen LogP contribution in [0, 0.1) is 0 Å². The number of hydrogen-bond donors (Lipinski definition) is 0. The lowest BCUT2D eigenvalue weighted by Crippen LogP contribution is -2.46. The second-order valence-electron chi connectivity index (χ2n) is 7.46. The minimum atomic E-state index is -4.62. The molecular weight excluding hydrogens is 403 g/mol. The molecule has 0 aromatic carbocycles. The zero-order valence-electron chi connectivity index (χ0n) is 16.7. The Morgan fingerprint density at radius 1 is 1.20 bits per heavy atom. The van der Waals surface area contributed by atoms with Gasteiger partial charge in [-0.1, -0.05) is 0 Å². The first-order valence-corrected chi connectivity index (χ1v) is 9.90. The molecular formula is C18H24F3N7O2. The third kappa shape index (κ3) is 4.81. The van der Waals surface area contributed by atoms with Crippen LogP contribution in [0.25, 0.3) is 0 Å². The Kier molecular flexibility index (Phi) is 6.04. The lowest BCUT2D eigenvalue weighted by molar-refractivity contribution is -0.157. The number of nitrogens with zero attached hydrogens (tertiary/aromatic N) is 7. The average molecular weight is 427 g/mol. The minimum absolute atomic E-state index is 0.0257. The number of likely N-dealkylation sites (tertiary alicyclic amines) is 1. The first-order valence-electron chi connectivity index (χ1n) is 9.90. The van der Waals surface area contributed by atoms with Crippen molar-refractivity contribution in [1.82, 2.24) is 25.1 Å². The van der Waals surface area contributed by atoms with Crippen molar-refractivity contribution in [3.05, 3.63) is 24.0 Å². The second-order valence-corrected chi connectivity index (χ2v) is 7.46. The van der Waals surface area contributed by atoms with Gasteiger partial charge in [-0.25, -0.2) is 4.98 Å². The smallest absolute Gasteiger partial charge is 0.416 e. The predicted octanol–water partition coefficient (Wildman–Crippen LogP) is 1.82. The topological polar surface area (TPSA) is 83.7 Å². The van der Waals surface area contributed by atoms with Crippen molar-refractivity contribution in [3.63, 3.8) is 0 Å². The van der Waals surface area contributed by atoms with Crippen LogP contribution in [0.15, 0.2) is 16.7 Å². The predicted molar refractivity (Wildman–Crippen MR) is 101 cm³/mol. The molecule has 4 rings (SSSR count). The molecule has 0 N–H and O–H groups in total. The van der Waals surface area contributed by atoms with Crippen molar-refractivity contribution in [2.75, 3.05) is 56.2 Å². The van der Waals surface area contributed by atoms with Gasteiger partial charge in [0.25, 0.3) is 0 Å². The number of halogens is 3. The van der Waals surface area contributed by atoms with Gasteiger partial charge in [0.05, 0.1) is 19.8 Å². The summed E-state index contributed by atoms with van der Waals surface area (Å²) in [6, 6.07) is 2.03. The van der Waals surface area contributed by atoms with Crippen molar-refractivity contribution in [2.24, 2.45) is 0 Å². The number of hydrogen-bond acceptors (Lipinski definition) is 9. The van der Waals surface area contributed by atoms with Crippen molar-refractivity contribution >= 4 is 11.8 Å². The summed E-state index contributed by atoms with van der Waals surface area (Å²) in [5, 5.41) is 6.64. The van der Waals surface area contributed by atoms with Gasteiger partial charge >= 0.3 is 12.1 Å². The monoisotopic (exact) mass is 427 g/mol. The van der Waals surface area contributed by atoms with Crippen LogP contribution in [-0.2, 0) is 17.5 Å². The highest BCUT2D eigenvalue weighted by Gasteiger charge is 2.38. The van der Waals surface area contributed by atoms with Gasteiger partial charge in [-0.3, -0.25) is 4.90 Å². The highest BCUT2D eigenvalue weighted by Crippen LogP contribution is 2.28. The molecule has 0 aliphatic carbocycles. The summed E-state index contributed by atoms with van der Waals surface area (Å²) >= 11 is 0. The van der Waals surface area contributed by atoms with E-state index in [9.17, 15) is 13.2 Å². The molecule has 0 spiro atoms. The summed E-state index contributed by atoms with van der Waals surface area (Å²) in [5.74, 6) is 0.165. The normalized spacial score (nSPS) is 21.1. The van der Waals surface area contributed by atoms with Gasteiger partial charge in [-0.2, -0.15) is 18.2 Å². The molecule has 2 fully saturated rings. The number of ether oxygens (including phenoxy) is 1. The van der Waals surface area contributed by atoms with Crippen molar-refractivity contribution in [1.29, 1.82) is 0 Å². The molecule has 1 unspecified atom stereocenters. The molecule has 9 nitrogen and oxygen atoms in total. The van der Waals surface area contributed by atoms with Crippen molar-refractivity contribution < 1.29 is 22.3 Å². The van der Waals surface area contributed by atoms with Gasteiger partial charge in [-0.05, 0) is 25.5 Å². The molecule has 4 heterocycles. The highest BCUT2D eigenvalue weighted by atomic mass is 19.4. The number of piperidine rings is 1. The molecule has 1 atom stereocenters. The molecule has 0 radical (unpaired) electrons. The van der Waals surface area contributed by atoms with Crippen LogP contribution in [0.2, 0.25) is 0 Å². The van der Waals surface area contributed by atoms with E-state index in [2.05, 4.69) is 25.0 Å². The van der Waals surface area contributed by atoms with Gasteiger partial charge in [0.15, 0.2) is 0 Å². The molecule has 0 saturated carbocycles. The van der Waals surface area contributed by atoms with E-state index in [0.717, 1.165) is 38.3 Å². The molecule has 2 aromatic rings. The van der Waals surface area contributed by atoms with Gasteiger partial charge in [0, 0.05) is 38.9 Å². The number of rotatable bonds is 5. The number of alkyl halides is 3. The third-order valence-electron chi connectivity index (χ3n) is 5.38. The lowest BCUT2D eigenvalue weighted by atomic mass is 10.0. The summed E-state index contributed by atoms with van der Waals surface area (Å²) < 4.78 is 48.1.